The second-order valence-corrected chi connectivity index (χ2v) is 4.56. The number of nitrogens with zero attached hydrogens (tertiary/aromatic N) is 1. The molecular weight excluding hydrogens is 222 g/mol. The van der Waals surface area contributed by atoms with E-state index >= 15 is 0 Å². The number of phenols is 1. The van der Waals surface area contributed by atoms with E-state index in [9.17, 15) is 5.11 Å². The molecule has 1 aromatic rings. The fraction of sp³-hybridized carbons (Fsp3) is 0.538. The molecule has 16 heavy (non-hydrogen) atoms. The minimum atomic E-state index is 0. The molecule has 0 unspecified atom stereocenters. The molecule has 0 spiro atoms. The predicted molar refractivity (Wildman–Crippen MR) is 69.3 cm³/mol. The van der Waals surface area contributed by atoms with Gasteiger partial charge in [0.2, 0.25) is 0 Å². The second kappa shape index (κ2) is 5.55. The first kappa shape index (κ1) is 13.3. The van der Waals surface area contributed by atoms with Gasteiger partial charge in [0.05, 0.1) is 0 Å². The van der Waals surface area contributed by atoms with Crippen LogP contribution in [0.3, 0.4) is 0 Å². The Balaban J connectivity index is 0.00000128. The van der Waals surface area contributed by atoms with Crippen LogP contribution in [0.2, 0.25) is 0 Å². The van der Waals surface area contributed by atoms with Gasteiger partial charge in [-0.05, 0) is 56.5 Å². The first-order valence-corrected chi connectivity index (χ1v) is 5.68. The standard InChI is InChI=1S/C13H19NO.ClH/c1-10-7-12(8-11(2)13(10)15)9-14-5-3-4-6-14;/h7-8,15H,3-6,9H2,1-2H3;1H. The summed E-state index contributed by atoms with van der Waals surface area (Å²) in [4.78, 5) is 2.48. The third kappa shape index (κ3) is 2.89. The van der Waals surface area contributed by atoms with E-state index in [-0.39, 0.29) is 12.4 Å². The van der Waals surface area contributed by atoms with Gasteiger partial charge in [0.15, 0.2) is 0 Å². The Hall–Kier alpha value is -0.730. The first-order chi connectivity index (χ1) is 7.16. The van der Waals surface area contributed by atoms with Crippen LogP contribution in [-0.2, 0) is 6.54 Å². The number of aryl methyl sites for hydroxylation is 2. The maximum Gasteiger partial charge on any atom is 0.121 e. The van der Waals surface area contributed by atoms with Crippen molar-refractivity contribution in [2.24, 2.45) is 0 Å². The monoisotopic (exact) mass is 241 g/mol. The fourth-order valence-corrected chi connectivity index (χ4v) is 2.34. The lowest BCUT2D eigenvalue weighted by Gasteiger charge is -2.16. The highest BCUT2D eigenvalue weighted by atomic mass is 35.5. The summed E-state index contributed by atoms with van der Waals surface area (Å²) in [6.45, 7) is 7.41. The van der Waals surface area contributed by atoms with Gasteiger partial charge in [-0.1, -0.05) is 12.1 Å². The van der Waals surface area contributed by atoms with E-state index in [1.54, 1.807) is 0 Å². The van der Waals surface area contributed by atoms with Crippen molar-refractivity contribution in [3.63, 3.8) is 0 Å². The molecule has 1 aliphatic heterocycles. The average Bonchev–Trinajstić information content (AvgIpc) is 2.66. The van der Waals surface area contributed by atoms with Crippen LogP contribution in [0, 0.1) is 13.8 Å². The number of phenolic OH excluding ortho intramolecular Hbond substituents is 1. The Kier molecular flexibility index (Phi) is 4.63. The molecule has 0 saturated carbocycles. The molecular formula is C13H20ClNO. The largest absolute Gasteiger partial charge is 0.507 e. The maximum absolute atomic E-state index is 9.68. The highest BCUT2D eigenvalue weighted by molar-refractivity contribution is 5.85. The molecule has 3 heteroatoms. The van der Waals surface area contributed by atoms with Crippen molar-refractivity contribution < 1.29 is 5.11 Å². The topological polar surface area (TPSA) is 23.5 Å². The highest BCUT2D eigenvalue weighted by Crippen LogP contribution is 2.24. The third-order valence-corrected chi connectivity index (χ3v) is 3.16. The molecule has 90 valence electrons. The number of benzene rings is 1. The molecule has 1 aliphatic rings. The van der Waals surface area contributed by atoms with Crippen molar-refractivity contribution in [1.29, 1.82) is 0 Å². The van der Waals surface area contributed by atoms with E-state index < -0.39 is 0 Å². The van der Waals surface area contributed by atoms with Gasteiger partial charge in [0, 0.05) is 6.54 Å². The molecule has 2 nitrogen and oxygen atoms in total. The molecule has 0 amide bonds. The number of hydrogen-bond acceptors (Lipinski definition) is 2. The molecule has 1 N–H and O–H groups in total. The smallest absolute Gasteiger partial charge is 0.121 e. The van der Waals surface area contributed by atoms with E-state index in [0.717, 1.165) is 17.7 Å². The van der Waals surface area contributed by atoms with Crippen molar-refractivity contribution >= 4 is 12.4 Å². The van der Waals surface area contributed by atoms with Gasteiger partial charge in [-0.25, -0.2) is 0 Å². The van der Waals surface area contributed by atoms with Crippen LogP contribution >= 0.6 is 12.4 Å². The summed E-state index contributed by atoms with van der Waals surface area (Å²) in [5, 5.41) is 9.68. The summed E-state index contributed by atoms with van der Waals surface area (Å²) in [5.41, 5.74) is 3.30. The molecule has 0 radical (unpaired) electrons. The summed E-state index contributed by atoms with van der Waals surface area (Å²) in [7, 11) is 0. The van der Waals surface area contributed by atoms with Crippen molar-refractivity contribution in [1.82, 2.24) is 4.90 Å². The number of likely N-dealkylation sites (tertiary alicyclic amines) is 1. The number of halogens is 1. The Bertz CT molecular complexity index is 336. The van der Waals surface area contributed by atoms with Gasteiger partial charge in [-0.2, -0.15) is 0 Å². The molecule has 0 aliphatic carbocycles. The minimum absolute atomic E-state index is 0. The lowest BCUT2D eigenvalue weighted by molar-refractivity contribution is 0.331. The number of aromatic hydroxyl groups is 1. The summed E-state index contributed by atoms with van der Waals surface area (Å²) in [6.07, 6.45) is 2.66. The molecule has 1 saturated heterocycles. The van der Waals surface area contributed by atoms with Crippen molar-refractivity contribution in [3.8, 4) is 5.75 Å². The Labute approximate surface area is 104 Å². The van der Waals surface area contributed by atoms with Crippen LogP contribution in [0.25, 0.3) is 0 Å². The Morgan fingerprint density at radius 3 is 2.12 bits per heavy atom. The molecule has 1 fully saturated rings. The first-order valence-electron chi connectivity index (χ1n) is 5.68. The summed E-state index contributed by atoms with van der Waals surface area (Å²) < 4.78 is 0. The summed E-state index contributed by atoms with van der Waals surface area (Å²) in [6, 6.07) is 4.20. The molecule has 0 atom stereocenters. The predicted octanol–water partition coefficient (Wildman–Crippen LogP) is 3.03. The van der Waals surface area contributed by atoms with Crippen molar-refractivity contribution in [2.45, 2.75) is 33.2 Å². The quantitative estimate of drug-likeness (QED) is 0.861. The van der Waals surface area contributed by atoms with E-state index in [1.807, 2.05) is 13.8 Å². The molecule has 2 rings (SSSR count). The lowest BCUT2D eigenvalue weighted by Crippen LogP contribution is -2.18. The Morgan fingerprint density at radius 2 is 1.62 bits per heavy atom. The zero-order valence-corrected chi connectivity index (χ0v) is 10.8. The molecule has 0 aromatic heterocycles. The van der Waals surface area contributed by atoms with Crippen molar-refractivity contribution in [2.75, 3.05) is 13.1 Å². The zero-order valence-electron chi connectivity index (χ0n) is 9.99. The van der Waals surface area contributed by atoms with Gasteiger partial charge < -0.3 is 5.11 Å². The Morgan fingerprint density at radius 1 is 1.12 bits per heavy atom. The second-order valence-electron chi connectivity index (χ2n) is 4.56. The molecule has 0 bridgehead atoms. The summed E-state index contributed by atoms with van der Waals surface area (Å²) >= 11 is 0. The van der Waals surface area contributed by atoms with E-state index in [2.05, 4.69) is 17.0 Å². The van der Waals surface area contributed by atoms with E-state index in [1.165, 1.54) is 31.5 Å². The van der Waals surface area contributed by atoms with Crippen LogP contribution in [0.5, 0.6) is 5.75 Å². The van der Waals surface area contributed by atoms with Gasteiger partial charge in [-0.15, -0.1) is 12.4 Å². The maximum atomic E-state index is 9.68. The van der Waals surface area contributed by atoms with Crippen molar-refractivity contribution in [3.05, 3.63) is 28.8 Å². The summed E-state index contributed by atoms with van der Waals surface area (Å²) in [5.74, 6) is 0.445. The SMILES string of the molecule is Cc1cc(CN2CCCC2)cc(C)c1O.Cl. The van der Waals surface area contributed by atoms with Gasteiger partial charge >= 0.3 is 0 Å². The van der Waals surface area contributed by atoms with Gasteiger partial charge in [0.25, 0.3) is 0 Å². The zero-order chi connectivity index (χ0) is 10.8. The third-order valence-electron chi connectivity index (χ3n) is 3.16. The lowest BCUT2D eigenvalue weighted by atomic mass is 10.1. The fourth-order valence-electron chi connectivity index (χ4n) is 2.34. The van der Waals surface area contributed by atoms with Crippen LogP contribution in [0.4, 0.5) is 0 Å². The molecule has 1 heterocycles. The number of rotatable bonds is 2. The molecule has 1 aromatic carbocycles. The average molecular weight is 242 g/mol. The van der Waals surface area contributed by atoms with E-state index in [0.29, 0.717) is 5.75 Å². The van der Waals surface area contributed by atoms with E-state index in [4.69, 9.17) is 0 Å². The minimum Gasteiger partial charge on any atom is -0.507 e. The van der Waals surface area contributed by atoms with Gasteiger partial charge in [0.1, 0.15) is 5.75 Å². The van der Waals surface area contributed by atoms with Gasteiger partial charge in [-0.3, -0.25) is 4.90 Å². The van der Waals surface area contributed by atoms with Crippen LogP contribution < -0.4 is 0 Å². The van der Waals surface area contributed by atoms with Crippen LogP contribution in [0.1, 0.15) is 29.5 Å². The normalized spacial score (nSPS) is 16.1. The highest BCUT2D eigenvalue weighted by Gasteiger charge is 2.12. The van der Waals surface area contributed by atoms with Crippen LogP contribution in [0.15, 0.2) is 12.1 Å². The number of hydrogen-bond donors (Lipinski definition) is 1. The van der Waals surface area contributed by atoms with Crippen LogP contribution in [-0.4, -0.2) is 23.1 Å².